The first-order chi connectivity index (χ1) is 13.6. The van der Waals surface area contributed by atoms with Crippen LogP contribution in [0.5, 0.6) is 5.75 Å². The summed E-state index contributed by atoms with van der Waals surface area (Å²) in [4.78, 5) is 14.2. The molecule has 1 fully saturated rings. The predicted molar refractivity (Wildman–Crippen MR) is 108 cm³/mol. The van der Waals surface area contributed by atoms with Crippen molar-refractivity contribution in [3.05, 3.63) is 78.4 Å². The van der Waals surface area contributed by atoms with E-state index >= 15 is 0 Å². The summed E-state index contributed by atoms with van der Waals surface area (Å²) in [6.07, 6.45) is 2.22. The number of carbonyl (C=O) groups excluding carboxylic acids is 1. The maximum atomic E-state index is 12.7. The normalized spacial score (nSPS) is 22.1. The third-order valence-corrected chi connectivity index (χ3v) is 5.14. The average molecular weight is 381 g/mol. The molecule has 0 saturated carbocycles. The van der Waals surface area contributed by atoms with Gasteiger partial charge in [0.1, 0.15) is 11.9 Å². The van der Waals surface area contributed by atoms with Crippen molar-refractivity contribution < 1.29 is 19.4 Å². The summed E-state index contributed by atoms with van der Waals surface area (Å²) < 4.78 is 11.3. The molecule has 1 unspecified atom stereocenters. The van der Waals surface area contributed by atoms with Crippen molar-refractivity contribution in [3.63, 3.8) is 0 Å². The highest BCUT2D eigenvalue weighted by molar-refractivity contribution is 5.78. The first kappa shape index (κ1) is 20.1. The highest BCUT2D eigenvalue weighted by atomic mass is 16.5. The van der Waals surface area contributed by atoms with Crippen molar-refractivity contribution in [2.75, 3.05) is 7.11 Å². The quantitative estimate of drug-likeness (QED) is 0.709. The Kier molecular flexibility index (Phi) is 6.49. The minimum atomic E-state index is -1.42. The molecular formula is C23H27NO4. The Hall–Kier alpha value is -2.63. The monoisotopic (exact) mass is 381 g/mol. The zero-order valence-corrected chi connectivity index (χ0v) is 16.2. The van der Waals surface area contributed by atoms with E-state index < -0.39 is 11.8 Å². The van der Waals surface area contributed by atoms with Gasteiger partial charge in [0.05, 0.1) is 13.7 Å². The minimum Gasteiger partial charge on any atom is -0.497 e. The SMILES string of the molecule is C=CCC1(O)[C@@H](OCc2ccccc2)CCC(=O)N1Cc1ccc(OC)cc1. The molecule has 1 aliphatic rings. The van der Waals surface area contributed by atoms with Crippen LogP contribution >= 0.6 is 0 Å². The number of methoxy groups -OCH3 is 1. The molecule has 5 heteroatoms. The highest BCUT2D eigenvalue weighted by Gasteiger charge is 2.48. The number of aliphatic hydroxyl groups is 1. The molecular weight excluding hydrogens is 354 g/mol. The van der Waals surface area contributed by atoms with E-state index in [-0.39, 0.29) is 12.3 Å². The third kappa shape index (κ3) is 4.43. The largest absolute Gasteiger partial charge is 0.497 e. The fourth-order valence-corrected chi connectivity index (χ4v) is 3.59. The van der Waals surface area contributed by atoms with Crippen LogP contribution in [0.4, 0.5) is 0 Å². The summed E-state index contributed by atoms with van der Waals surface area (Å²) in [6.45, 7) is 4.46. The lowest BCUT2D eigenvalue weighted by Crippen LogP contribution is -2.62. The van der Waals surface area contributed by atoms with Crippen LogP contribution < -0.4 is 4.74 Å². The predicted octanol–water partition coefficient (Wildman–Crippen LogP) is 3.67. The van der Waals surface area contributed by atoms with E-state index in [1.165, 1.54) is 4.90 Å². The molecule has 0 radical (unpaired) electrons. The number of likely N-dealkylation sites (tertiary alicyclic amines) is 1. The van der Waals surface area contributed by atoms with Crippen LogP contribution in [0.2, 0.25) is 0 Å². The molecule has 1 saturated heterocycles. The number of rotatable bonds is 8. The maximum absolute atomic E-state index is 12.7. The minimum absolute atomic E-state index is 0.0836. The Morgan fingerprint density at radius 3 is 2.54 bits per heavy atom. The van der Waals surface area contributed by atoms with Gasteiger partial charge >= 0.3 is 0 Å². The average Bonchev–Trinajstić information content (AvgIpc) is 2.72. The molecule has 2 aromatic rings. The third-order valence-electron chi connectivity index (χ3n) is 5.14. The van der Waals surface area contributed by atoms with E-state index in [0.717, 1.165) is 16.9 Å². The molecule has 2 atom stereocenters. The molecule has 1 amide bonds. The van der Waals surface area contributed by atoms with Crippen LogP contribution in [0.3, 0.4) is 0 Å². The number of hydrogen-bond donors (Lipinski definition) is 1. The van der Waals surface area contributed by atoms with Gasteiger partial charge < -0.3 is 19.5 Å². The van der Waals surface area contributed by atoms with Gasteiger partial charge in [0, 0.05) is 19.4 Å². The van der Waals surface area contributed by atoms with Crippen molar-refractivity contribution in [3.8, 4) is 5.75 Å². The van der Waals surface area contributed by atoms with E-state index in [2.05, 4.69) is 6.58 Å². The molecule has 3 rings (SSSR count). The Labute approximate surface area is 166 Å². The zero-order valence-electron chi connectivity index (χ0n) is 16.2. The number of piperidine rings is 1. The first-order valence-electron chi connectivity index (χ1n) is 9.49. The van der Waals surface area contributed by atoms with E-state index in [1.807, 2.05) is 54.6 Å². The molecule has 28 heavy (non-hydrogen) atoms. The number of amides is 1. The second-order valence-electron chi connectivity index (χ2n) is 7.02. The number of nitrogens with zero attached hydrogens (tertiary/aromatic N) is 1. The molecule has 0 aromatic heterocycles. The summed E-state index contributed by atoms with van der Waals surface area (Å²) in [7, 11) is 1.61. The second kappa shape index (κ2) is 9.04. The van der Waals surface area contributed by atoms with Crippen molar-refractivity contribution in [1.29, 1.82) is 0 Å². The van der Waals surface area contributed by atoms with Crippen molar-refractivity contribution in [2.24, 2.45) is 0 Å². The summed E-state index contributed by atoms with van der Waals surface area (Å²) in [5.74, 6) is 0.666. The van der Waals surface area contributed by atoms with Gasteiger partial charge in [-0.2, -0.15) is 0 Å². The molecule has 2 aromatic carbocycles. The van der Waals surface area contributed by atoms with Gasteiger partial charge in [-0.05, 0) is 29.7 Å². The molecule has 0 bridgehead atoms. The number of ether oxygens (including phenoxy) is 2. The van der Waals surface area contributed by atoms with Crippen LogP contribution in [-0.4, -0.2) is 34.9 Å². The summed E-state index contributed by atoms with van der Waals surface area (Å²) in [6, 6.07) is 17.3. The Balaban J connectivity index is 1.79. The van der Waals surface area contributed by atoms with Gasteiger partial charge in [0.15, 0.2) is 5.72 Å². The molecule has 0 spiro atoms. The molecule has 0 aliphatic carbocycles. The summed E-state index contributed by atoms with van der Waals surface area (Å²) in [5.41, 5.74) is 0.522. The highest BCUT2D eigenvalue weighted by Crippen LogP contribution is 2.34. The Morgan fingerprint density at radius 1 is 1.18 bits per heavy atom. The van der Waals surface area contributed by atoms with E-state index in [1.54, 1.807) is 13.2 Å². The first-order valence-corrected chi connectivity index (χ1v) is 9.49. The molecule has 1 N–H and O–H groups in total. The van der Waals surface area contributed by atoms with Crippen LogP contribution in [0.25, 0.3) is 0 Å². The van der Waals surface area contributed by atoms with Crippen LogP contribution in [-0.2, 0) is 22.7 Å². The standard InChI is InChI=1S/C23H27NO4/c1-3-15-23(26)21(28-17-19-7-5-4-6-8-19)13-14-22(25)24(23)16-18-9-11-20(27-2)12-10-18/h3-12,21,26H,1,13-17H2,2H3/t21-,23?/m0/s1. The molecule has 1 aliphatic heterocycles. The van der Waals surface area contributed by atoms with E-state index in [9.17, 15) is 9.90 Å². The lowest BCUT2D eigenvalue weighted by atomic mass is 9.90. The Morgan fingerprint density at radius 2 is 1.89 bits per heavy atom. The van der Waals surface area contributed by atoms with Gasteiger partial charge in [-0.15, -0.1) is 6.58 Å². The van der Waals surface area contributed by atoms with Crippen LogP contribution in [0.15, 0.2) is 67.3 Å². The maximum Gasteiger partial charge on any atom is 0.225 e. The molecule has 148 valence electrons. The van der Waals surface area contributed by atoms with Crippen LogP contribution in [0, 0.1) is 0 Å². The molecule has 5 nitrogen and oxygen atoms in total. The lowest BCUT2D eigenvalue weighted by Gasteiger charge is -2.47. The molecule has 1 heterocycles. The summed E-state index contributed by atoms with van der Waals surface area (Å²) in [5, 5.41) is 11.5. The summed E-state index contributed by atoms with van der Waals surface area (Å²) >= 11 is 0. The van der Waals surface area contributed by atoms with E-state index in [4.69, 9.17) is 9.47 Å². The van der Waals surface area contributed by atoms with Gasteiger partial charge in [-0.3, -0.25) is 4.79 Å². The fourth-order valence-electron chi connectivity index (χ4n) is 3.59. The number of benzene rings is 2. The zero-order chi connectivity index (χ0) is 20.0. The van der Waals surface area contributed by atoms with Gasteiger partial charge in [0.25, 0.3) is 0 Å². The van der Waals surface area contributed by atoms with Crippen molar-refractivity contribution >= 4 is 5.91 Å². The van der Waals surface area contributed by atoms with Crippen LogP contribution in [0.1, 0.15) is 30.4 Å². The van der Waals surface area contributed by atoms with Gasteiger partial charge in [0.2, 0.25) is 5.91 Å². The van der Waals surface area contributed by atoms with Gasteiger partial charge in [-0.1, -0.05) is 48.5 Å². The second-order valence-corrected chi connectivity index (χ2v) is 7.02. The van der Waals surface area contributed by atoms with Gasteiger partial charge in [-0.25, -0.2) is 0 Å². The topological polar surface area (TPSA) is 59.0 Å². The van der Waals surface area contributed by atoms with Crippen molar-refractivity contribution in [2.45, 2.75) is 44.2 Å². The Bertz CT molecular complexity index is 790. The number of carbonyl (C=O) groups is 1. The fraction of sp³-hybridized carbons (Fsp3) is 0.348. The smallest absolute Gasteiger partial charge is 0.225 e. The van der Waals surface area contributed by atoms with E-state index in [0.29, 0.717) is 26.0 Å². The lowest BCUT2D eigenvalue weighted by molar-refractivity contribution is -0.220. The number of hydrogen-bond acceptors (Lipinski definition) is 4. The van der Waals surface area contributed by atoms with Crippen molar-refractivity contribution in [1.82, 2.24) is 4.90 Å².